The van der Waals surface area contributed by atoms with Crippen LogP contribution in [0.4, 0.5) is 5.82 Å². The second-order valence-electron chi connectivity index (χ2n) is 4.68. The van der Waals surface area contributed by atoms with Crippen molar-refractivity contribution in [3.8, 4) is 23.3 Å². The van der Waals surface area contributed by atoms with Crippen LogP contribution in [0.25, 0.3) is 0 Å². The van der Waals surface area contributed by atoms with E-state index in [9.17, 15) is 0 Å². The molecule has 0 saturated carbocycles. The van der Waals surface area contributed by atoms with Crippen molar-refractivity contribution in [3.05, 3.63) is 35.5 Å². The third-order valence-corrected chi connectivity index (χ3v) is 3.28. The number of nitrogens with zero attached hydrogens (tertiary/aromatic N) is 2. The number of nitrogens with two attached hydrogens (primary N) is 1. The minimum atomic E-state index is -1.15. The van der Waals surface area contributed by atoms with Gasteiger partial charge < -0.3 is 14.8 Å². The number of fused-ring (bicyclic) bond motifs is 1. The number of rotatable bonds is 2. The van der Waals surface area contributed by atoms with E-state index in [1.807, 2.05) is 0 Å². The van der Waals surface area contributed by atoms with Crippen LogP contribution in [0.15, 0.2) is 29.4 Å². The zero-order chi connectivity index (χ0) is 15.6. The highest BCUT2D eigenvalue weighted by molar-refractivity contribution is 5.80. The van der Waals surface area contributed by atoms with Crippen molar-refractivity contribution < 1.29 is 9.47 Å². The largest absolute Gasteiger partial charge is 0.497 e. The fourth-order valence-corrected chi connectivity index (χ4v) is 2.10. The number of aliphatic imine (C=N–C) groups is 1. The zero-order valence-corrected chi connectivity index (χ0v) is 12.2. The first-order chi connectivity index (χ1) is 10.6. The Morgan fingerprint density at radius 1 is 1.18 bits per heavy atom. The van der Waals surface area contributed by atoms with Gasteiger partial charge in [0.05, 0.1) is 32.3 Å². The molecule has 1 aromatic heterocycles. The number of nitrogens with one attached hydrogen (secondary N) is 2. The summed E-state index contributed by atoms with van der Waals surface area (Å²) in [5.41, 5.74) is 6.54. The van der Waals surface area contributed by atoms with Crippen molar-refractivity contribution in [2.75, 3.05) is 19.5 Å². The van der Waals surface area contributed by atoms with Gasteiger partial charge in [0.15, 0.2) is 0 Å². The van der Waals surface area contributed by atoms with Crippen LogP contribution in [0.2, 0.25) is 0 Å². The van der Waals surface area contributed by atoms with Gasteiger partial charge in [0.1, 0.15) is 17.3 Å². The maximum atomic E-state index is 6.27. The van der Waals surface area contributed by atoms with E-state index in [0.717, 1.165) is 5.56 Å². The van der Waals surface area contributed by atoms with Gasteiger partial charge in [-0.2, -0.15) is 5.10 Å². The maximum absolute atomic E-state index is 6.27. The highest BCUT2D eigenvalue weighted by atomic mass is 16.5. The van der Waals surface area contributed by atoms with E-state index < -0.39 is 5.66 Å². The van der Waals surface area contributed by atoms with Crippen molar-refractivity contribution in [3.63, 3.8) is 0 Å². The number of ether oxygens (including phenoxy) is 2. The molecule has 2 heterocycles. The Bertz CT molecular complexity index is 764. The molecule has 22 heavy (non-hydrogen) atoms. The molecule has 0 radical (unpaired) electrons. The van der Waals surface area contributed by atoms with Gasteiger partial charge in [0.2, 0.25) is 5.66 Å². The van der Waals surface area contributed by atoms with Gasteiger partial charge in [-0.25, -0.2) is 4.99 Å². The normalized spacial score (nSPS) is 18.7. The Morgan fingerprint density at radius 3 is 2.59 bits per heavy atom. The summed E-state index contributed by atoms with van der Waals surface area (Å²) < 4.78 is 10.4. The molecule has 0 saturated heterocycles. The van der Waals surface area contributed by atoms with Gasteiger partial charge in [-0.1, -0.05) is 5.92 Å². The van der Waals surface area contributed by atoms with E-state index in [4.69, 9.17) is 15.2 Å². The number of anilines is 1. The summed E-state index contributed by atoms with van der Waals surface area (Å²) in [5.74, 6) is 8.00. The van der Waals surface area contributed by atoms with E-state index in [1.165, 1.54) is 6.34 Å². The molecule has 0 amide bonds. The monoisotopic (exact) mass is 297 g/mol. The van der Waals surface area contributed by atoms with Gasteiger partial charge in [-0.15, -0.1) is 0 Å². The summed E-state index contributed by atoms with van der Waals surface area (Å²) in [6, 6.07) is 5.39. The number of methoxy groups -OCH3 is 2. The highest BCUT2D eigenvalue weighted by Gasteiger charge is 2.30. The average Bonchev–Trinajstić information content (AvgIpc) is 3.03. The molecule has 0 spiro atoms. The predicted molar refractivity (Wildman–Crippen MR) is 83.0 cm³/mol. The molecule has 7 heteroatoms. The number of benzene rings is 1. The topological polar surface area (TPSA) is 97.6 Å². The van der Waals surface area contributed by atoms with Crippen LogP contribution in [0.5, 0.6) is 11.5 Å². The molecule has 0 aliphatic carbocycles. The summed E-state index contributed by atoms with van der Waals surface area (Å²) >= 11 is 0. The summed E-state index contributed by atoms with van der Waals surface area (Å²) in [6.45, 7) is 0. The standard InChI is InChI=1S/C15H15N5O2/c1-21-11-5-10(6-12(7-11)22-2)3-4-15(16)13-8-19-20-14(13)17-9-18-15/h5-9H,16H2,1-2H3,(H2,17,18,19,20). The summed E-state index contributed by atoms with van der Waals surface area (Å²) in [4.78, 5) is 4.22. The smallest absolute Gasteiger partial charge is 0.203 e. The molecular weight excluding hydrogens is 282 g/mol. The molecule has 0 bridgehead atoms. The van der Waals surface area contributed by atoms with Gasteiger partial charge in [-0.05, 0) is 18.1 Å². The second-order valence-corrected chi connectivity index (χ2v) is 4.68. The average molecular weight is 297 g/mol. The minimum Gasteiger partial charge on any atom is -0.497 e. The first kappa shape index (κ1) is 14.0. The maximum Gasteiger partial charge on any atom is 0.203 e. The van der Waals surface area contributed by atoms with Crippen LogP contribution >= 0.6 is 0 Å². The molecule has 7 nitrogen and oxygen atoms in total. The number of aromatic amines is 1. The van der Waals surface area contributed by atoms with Gasteiger partial charge in [-0.3, -0.25) is 10.8 Å². The van der Waals surface area contributed by atoms with Crippen molar-refractivity contribution in [1.82, 2.24) is 10.2 Å². The molecular formula is C15H15N5O2. The summed E-state index contributed by atoms with van der Waals surface area (Å²) in [7, 11) is 3.18. The number of aromatic nitrogens is 2. The van der Waals surface area contributed by atoms with Crippen LogP contribution < -0.4 is 20.5 Å². The van der Waals surface area contributed by atoms with E-state index in [0.29, 0.717) is 22.9 Å². The Kier molecular flexibility index (Phi) is 3.45. The molecule has 4 N–H and O–H groups in total. The van der Waals surface area contributed by atoms with Crippen molar-refractivity contribution in [1.29, 1.82) is 0 Å². The fourth-order valence-electron chi connectivity index (χ4n) is 2.10. The van der Waals surface area contributed by atoms with Gasteiger partial charge in [0.25, 0.3) is 0 Å². The number of hydrogen-bond donors (Lipinski definition) is 3. The van der Waals surface area contributed by atoms with E-state index in [1.54, 1.807) is 38.6 Å². The first-order valence-electron chi connectivity index (χ1n) is 6.54. The molecule has 1 aromatic carbocycles. The van der Waals surface area contributed by atoms with Gasteiger partial charge in [0, 0.05) is 11.6 Å². The van der Waals surface area contributed by atoms with E-state index in [-0.39, 0.29) is 0 Å². The van der Waals surface area contributed by atoms with Crippen molar-refractivity contribution >= 4 is 12.2 Å². The van der Waals surface area contributed by atoms with Crippen molar-refractivity contribution in [2.45, 2.75) is 5.66 Å². The molecule has 1 atom stereocenters. The zero-order valence-electron chi connectivity index (χ0n) is 12.2. The third-order valence-electron chi connectivity index (χ3n) is 3.28. The fraction of sp³-hybridized carbons (Fsp3) is 0.200. The second kappa shape index (κ2) is 5.42. The lowest BCUT2D eigenvalue weighted by Gasteiger charge is -2.22. The molecule has 1 unspecified atom stereocenters. The van der Waals surface area contributed by atoms with E-state index >= 15 is 0 Å². The third kappa shape index (κ3) is 2.47. The van der Waals surface area contributed by atoms with Crippen LogP contribution in [-0.4, -0.2) is 30.8 Å². The highest BCUT2D eigenvalue weighted by Crippen LogP contribution is 2.28. The Labute approximate surface area is 127 Å². The molecule has 3 rings (SSSR count). The van der Waals surface area contributed by atoms with Crippen LogP contribution in [0.3, 0.4) is 0 Å². The van der Waals surface area contributed by atoms with Crippen LogP contribution in [0.1, 0.15) is 11.1 Å². The lowest BCUT2D eigenvalue weighted by Crippen LogP contribution is -2.36. The predicted octanol–water partition coefficient (Wildman–Crippen LogP) is 1.04. The molecule has 112 valence electrons. The summed E-state index contributed by atoms with van der Waals surface area (Å²) in [5, 5.41) is 9.70. The Hall–Kier alpha value is -2.98. The number of hydrogen-bond acceptors (Lipinski definition) is 6. The quantitative estimate of drug-likeness (QED) is 0.720. The van der Waals surface area contributed by atoms with Crippen LogP contribution in [-0.2, 0) is 5.66 Å². The minimum absolute atomic E-state index is 0.660. The molecule has 0 fully saturated rings. The number of H-pyrrole nitrogens is 1. The Morgan fingerprint density at radius 2 is 1.91 bits per heavy atom. The molecule has 1 aliphatic rings. The van der Waals surface area contributed by atoms with E-state index in [2.05, 4.69) is 32.3 Å². The molecule has 1 aliphatic heterocycles. The van der Waals surface area contributed by atoms with Gasteiger partial charge >= 0.3 is 0 Å². The first-order valence-corrected chi connectivity index (χ1v) is 6.54. The molecule has 2 aromatic rings. The Balaban J connectivity index is 1.99. The summed E-state index contributed by atoms with van der Waals surface area (Å²) in [6.07, 6.45) is 3.11. The lowest BCUT2D eigenvalue weighted by atomic mass is 10.0. The van der Waals surface area contributed by atoms with Crippen LogP contribution in [0, 0.1) is 11.8 Å². The van der Waals surface area contributed by atoms with Crippen molar-refractivity contribution in [2.24, 2.45) is 10.7 Å². The SMILES string of the molecule is COc1cc(C#CC2(N)N=CNc3[nH]ncc32)cc(OC)c1. The lowest BCUT2D eigenvalue weighted by molar-refractivity contribution is 0.394.